The third kappa shape index (κ3) is 17.5. The van der Waals surface area contributed by atoms with Crippen molar-refractivity contribution < 1.29 is 177 Å². The first-order chi connectivity index (χ1) is 41.9. The van der Waals surface area contributed by atoms with Gasteiger partial charge in [-0.05, 0) is 83.4 Å². The van der Waals surface area contributed by atoms with Gasteiger partial charge in [-0.25, -0.2) is 9.59 Å². The van der Waals surface area contributed by atoms with E-state index in [1.807, 2.05) is 0 Å². The molecule has 0 bridgehead atoms. The number of benzene rings is 3. The van der Waals surface area contributed by atoms with E-state index in [1.165, 1.54) is 0 Å². The van der Waals surface area contributed by atoms with Crippen LogP contribution >= 0.6 is 47.0 Å². The summed E-state index contributed by atoms with van der Waals surface area (Å²) in [6, 6.07) is 6.59. The second-order valence-electron chi connectivity index (χ2n) is 19.8. The van der Waals surface area contributed by atoms with Crippen LogP contribution in [0.4, 0.5) is 158 Å². The van der Waals surface area contributed by atoms with Gasteiger partial charge in [0.05, 0.1) is 11.1 Å². The maximum absolute atomic E-state index is 14.3. The molecule has 0 saturated heterocycles. The van der Waals surface area contributed by atoms with E-state index in [4.69, 9.17) is 9.47 Å². The number of thioether (sulfide) groups is 4. The van der Waals surface area contributed by atoms with Gasteiger partial charge in [0.25, 0.3) is 0 Å². The lowest BCUT2D eigenvalue weighted by Crippen LogP contribution is -2.60. The minimum atomic E-state index is -7.31. The first kappa shape index (κ1) is 83.7. The Hall–Kier alpha value is -4.52. The van der Waals surface area contributed by atoms with Crippen LogP contribution in [0, 0.1) is 13.8 Å². The van der Waals surface area contributed by atoms with Gasteiger partial charge in [-0.15, -0.1) is 0 Å². The topological polar surface area (TPSA) is 52.6 Å². The second-order valence-corrected chi connectivity index (χ2v) is 24.2. The van der Waals surface area contributed by atoms with Gasteiger partial charge in [0.2, 0.25) is 0 Å². The number of hydrogen-bond acceptors (Lipinski definition) is 8. The molecule has 44 heteroatoms. The number of carbonyl (C=O) groups excluding carboxylic acids is 2. The zero-order valence-electron chi connectivity index (χ0n) is 46.0. The van der Waals surface area contributed by atoms with Gasteiger partial charge in [0.15, 0.2) is 0 Å². The summed E-state index contributed by atoms with van der Waals surface area (Å²) in [6.07, 6.45) is -38.3. The molecule has 0 radical (unpaired) electrons. The summed E-state index contributed by atoms with van der Waals surface area (Å²) in [5.41, 5.74) is -3.15. The van der Waals surface area contributed by atoms with E-state index in [0.717, 1.165) is 62.4 Å². The van der Waals surface area contributed by atoms with E-state index in [9.17, 15) is 168 Å². The molecule has 0 saturated carbocycles. The van der Waals surface area contributed by atoms with Crippen LogP contribution < -0.4 is 9.47 Å². The zero-order chi connectivity index (χ0) is 73.3. The third-order valence-corrected chi connectivity index (χ3v) is 16.8. The Morgan fingerprint density at radius 2 is 0.511 bits per heavy atom. The molecule has 3 rings (SSSR count). The molecule has 0 atom stereocenters. The Balaban J connectivity index is 1.98. The van der Waals surface area contributed by atoms with Crippen molar-refractivity contribution in [3.63, 3.8) is 0 Å². The largest absolute Gasteiger partial charge is 0.460 e. The van der Waals surface area contributed by atoms with Crippen molar-refractivity contribution in [1.82, 2.24) is 0 Å². The number of ether oxygens (including phenoxy) is 2. The lowest BCUT2D eigenvalue weighted by Gasteiger charge is -2.33. The SMILES string of the molecule is Cc1cc(CSCCC(F)(F)C(F)(F)C(F)(F)C(F)(F)F)cc(CSCCC(F)(F)C(F)(F)C(F)(F)C(F)(F)F)c1OC(=O)c1ccc(C(=O)Oc2c(C)cc(CSCCC(F)(F)C(F)(F)C(F)(F)C(F)(F)F)cc2CSCCC(F)(F)C(F)(F)C(F)(F)C(F)(F)F)cc1. The lowest BCUT2D eigenvalue weighted by atomic mass is 10.0. The van der Waals surface area contributed by atoms with Crippen LogP contribution in [0.3, 0.4) is 0 Å². The van der Waals surface area contributed by atoms with Gasteiger partial charge < -0.3 is 9.47 Å². The van der Waals surface area contributed by atoms with Crippen molar-refractivity contribution in [3.05, 3.63) is 93.0 Å². The predicted molar refractivity (Wildman–Crippen MR) is 265 cm³/mol. The number of alkyl halides is 36. The number of aryl methyl sites for hydroxylation is 2. The molecule has 0 unspecified atom stereocenters. The molecule has 0 aromatic heterocycles. The van der Waals surface area contributed by atoms with Gasteiger partial charge in [0, 0.05) is 59.8 Å². The van der Waals surface area contributed by atoms with E-state index in [1.54, 1.807) is 0 Å². The van der Waals surface area contributed by atoms with E-state index in [-0.39, 0.29) is 69.3 Å². The smallest absolute Gasteiger partial charge is 0.422 e. The monoisotopic (exact) mass is 1510 g/mol. The summed E-state index contributed by atoms with van der Waals surface area (Å²) < 4.78 is 495. The fourth-order valence-electron chi connectivity index (χ4n) is 7.38. The number of halogens is 36. The molecule has 0 aliphatic carbocycles. The Labute approximate surface area is 520 Å². The van der Waals surface area contributed by atoms with Gasteiger partial charge in [-0.2, -0.15) is 205 Å². The Morgan fingerprint density at radius 3 is 0.713 bits per heavy atom. The highest BCUT2D eigenvalue weighted by Crippen LogP contribution is 2.58. The van der Waals surface area contributed by atoms with E-state index in [2.05, 4.69) is 0 Å². The quantitative estimate of drug-likeness (QED) is 0.0265. The highest BCUT2D eigenvalue weighted by Gasteiger charge is 2.84. The molecule has 3 aromatic rings. The van der Waals surface area contributed by atoms with Crippen molar-refractivity contribution >= 4 is 59.0 Å². The molecule has 3 aromatic carbocycles. The number of esters is 2. The standard InChI is InChI=1S/C50H38F36O4S4/c1-23-15-25(19-91-11-7-35(51,52)39(59,60)43(67,68)47(75,76)77)17-29(21-93-13-9-37(55,56)41(63,64)45(71,72)49(81,82)83)31(23)89-33(87)27-3-5-28(6-4-27)34(88)90-32-24(2)16-26(20-92-12-8-36(53,54)40(61,62)44(69,70)48(78,79)80)18-30(32)22-94-14-10-38(57,58)42(65,66)46(73,74)50(84,85)86/h3-6,15-18H,7-14,19-22H2,1-2H3. The molecular weight excluding hydrogens is 1480 g/mol. The first-order valence-corrected chi connectivity index (χ1v) is 29.4. The minimum absolute atomic E-state index is 0.0337. The van der Waals surface area contributed by atoms with E-state index in [0.29, 0.717) is 0 Å². The molecule has 94 heavy (non-hydrogen) atoms. The molecule has 0 fully saturated rings. The van der Waals surface area contributed by atoms with Gasteiger partial charge in [-0.3, -0.25) is 0 Å². The van der Waals surface area contributed by atoms with Gasteiger partial charge in [-0.1, -0.05) is 24.3 Å². The average molecular weight is 1520 g/mol. The average Bonchev–Trinajstić information content (AvgIpc) is 0.766. The van der Waals surface area contributed by atoms with Crippen molar-refractivity contribution in [3.8, 4) is 11.5 Å². The molecule has 0 heterocycles. The zero-order valence-corrected chi connectivity index (χ0v) is 49.2. The summed E-state index contributed by atoms with van der Waals surface area (Å²) in [5.74, 6) is -94.7. The van der Waals surface area contributed by atoms with E-state index < -0.39 is 213 Å². The Morgan fingerprint density at radius 1 is 0.309 bits per heavy atom. The van der Waals surface area contributed by atoms with Crippen LogP contribution in [0.5, 0.6) is 11.5 Å². The van der Waals surface area contributed by atoms with Crippen LogP contribution in [0.1, 0.15) is 79.8 Å². The summed E-state index contributed by atoms with van der Waals surface area (Å²) in [5, 5.41) is 0. The molecule has 0 spiro atoms. The highest BCUT2D eigenvalue weighted by atomic mass is 32.2. The molecule has 0 aliphatic rings. The summed E-state index contributed by atoms with van der Waals surface area (Å²) in [4.78, 5) is 27.0. The van der Waals surface area contributed by atoms with Crippen LogP contribution in [0.15, 0.2) is 48.5 Å². The Kier molecular flexibility index (Phi) is 25.6. The number of rotatable bonds is 32. The number of hydrogen-bond donors (Lipinski definition) is 0. The molecule has 0 N–H and O–H groups in total. The first-order valence-electron chi connectivity index (χ1n) is 24.8. The predicted octanol–water partition coefficient (Wildman–Crippen LogP) is 21.1. The van der Waals surface area contributed by atoms with Crippen LogP contribution in [0.25, 0.3) is 0 Å². The fourth-order valence-corrected chi connectivity index (χ4v) is 11.2. The van der Waals surface area contributed by atoms with Gasteiger partial charge >= 0.3 is 108 Å². The molecule has 0 amide bonds. The van der Waals surface area contributed by atoms with Crippen molar-refractivity contribution in [2.75, 3.05) is 23.0 Å². The maximum atomic E-state index is 14.3. The van der Waals surface area contributed by atoms with Crippen LogP contribution in [0.2, 0.25) is 0 Å². The van der Waals surface area contributed by atoms with Crippen molar-refractivity contribution in [2.24, 2.45) is 0 Å². The summed E-state index contributed by atoms with van der Waals surface area (Å²) in [6.45, 7) is 2.06. The van der Waals surface area contributed by atoms with Crippen molar-refractivity contribution in [2.45, 2.75) is 158 Å². The maximum Gasteiger partial charge on any atom is 0.460 e. The Bertz CT molecular complexity index is 2880. The lowest BCUT2D eigenvalue weighted by molar-refractivity contribution is -0.396. The van der Waals surface area contributed by atoms with E-state index >= 15 is 0 Å². The molecule has 538 valence electrons. The molecule has 4 nitrogen and oxygen atoms in total. The van der Waals surface area contributed by atoms with Crippen LogP contribution in [-0.2, 0) is 23.0 Å². The minimum Gasteiger partial charge on any atom is -0.422 e. The second kappa shape index (κ2) is 28.7. The molecule has 0 aliphatic heterocycles. The normalized spacial score (nSPS) is 14.6. The third-order valence-electron chi connectivity index (χ3n) is 12.7. The summed E-state index contributed by atoms with van der Waals surface area (Å²) >= 11 is 0.346. The highest BCUT2D eigenvalue weighted by molar-refractivity contribution is 7.99. The van der Waals surface area contributed by atoms with Crippen LogP contribution in [-0.4, -0.2) is 131 Å². The summed E-state index contributed by atoms with van der Waals surface area (Å²) in [7, 11) is 0. The molecular formula is C50H38F36O4S4. The fraction of sp³-hybridized carbons (Fsp3) is 0.600. The number of carbonyl (C=O) groups is 2. The van der Waals surface area contributed by atoms with Gasteiger partial charge in [0.1, 0.15) is 11.5 Å². The van der Waals surface area contributed by atoms with Crippen molar-refractivity contribution in [1.29, 1.82) is 0 Å².